The molecular formula is C21H22N6O3. The van der Waals surface area contributed by atoms with Crippen LogP contribution in [-0.2, 0) is 4.79 Å². The molecule has 0 spiro atoms. The molecule has 1 heterocycles. The maximum absolute atomic E-state index is 11.8. The summed E-state index contributed by atoms with van der Waals surface area (Å²) in [5.74, 6) is 0.496. The Morgan fingerprint density at radius 1 is 1.07 bits per heavy atom. The smallest absolute Gasteiger partial charge is 0.254 e. The zero-order chi connectivity index (χ0) is 21.7. The number of nitrogens with zero attached hydrogens (tertiary/aromatic N) is 3. The number of primary amides is 1. The molecule has 0 aliphatic carbocycles. The Balaban J connectivity index is 1.86. The number of anilines is 5. The van der Waals surface area contributed by atoms with Crippen molar-refractivity contribution in [3.8, 4) is 5.75 Å². The highest BCUT2D eigenvalue weighted by Gasteiger charge is 2.13. The summed E-state index contributed by atoms with van der Waals surface area (Å²) in [6.07, 6.45) is 1.36. The van der Waals surface area contributed by atoms with Crippen molar-refractivity contribution in [1.82, 2.24) is 9.97 Å². The molecule has 2 amide bonds. The molecule has 154 valence electrons. The number of hydrogen-bond donors (Lipinski definition) is 3. The van der Waals surface area contributed by atoms with Gasteiger partial charge in [-0.2, -0.15) is 4.98 Å². The number of hydrogen-bond acceptors (Lipinski definition) is 7. The second kappa shape index (κ2) is 8.91. The van der Waals surface area contributed by atoms with E-state index in [0.29, 0.717) is 11.4 Å². The van der Waals surface area contributed by atoms with Crippen molar-refractivity contribution in [2.24, 2.45) is 5.73 Å². The second-order valence-corrected chi connectivity index (χ2v) is 6.43. The van der Waals surface area contributed by atoms with Crippen LogP contribution in [-0.4, -0.2) is 35.9 Å². The average molecular weight is 406 g/mol. The highest BCUT2D eigenvalue weighted by molar-refractivity contribution is 5.98. The first-order chi connectivity index (χ1) is 14.4. The zero-order valence-corrected chi connectivity index (χ0v) is 16.8. The normalized spacial score (nSPS) is 10.2. The lowest BCUT2D eigenvalue weighted by Gasteiger charge is -2.16. The standard InChI is InChI=1S/C21H22N6O3/c1-13(28)27(2)16-9-7-14(8-10-16)24-20-18(19(22)29)12-23-21(26-20)25-15-5-4-6-17(11-15)30-3/h4-12H,1-3H3,(H2,22,29)(H2,23,24,25,26). The van der Waals surface area contributed by atoms with Crippen molar-refractivity contribution >= 4 is 40.6 Å². The number of amides is 2. The molecule has 0 aliphatic heterocycles. The summed E-state index contributed by atoms with van der Waals surface area (Å²) < 4.78 is 5.21. The van der Waals surface area contributed by atoms with E-state index in [9.17, 15) is 9.59 Å². The van der Waals surface area contributed by atoms with Crippen LogP contribution in [0.2, 0.25) is 0 Å². The summed E-state index contributed by atoms with van der Waals surface area (Å²) in [6, 6.07) is 14.4. The van der Waals surface area contributed by atoms with E-state index in [1.807, 2.05) is 18.2 Å². The molecule has 0 unspecified atom stereocenters. The minimum Gasteiger partial charge on any atom is -0.497 e. The van der Waals surface area contributed by atoms with Crippen LogP contribution in [0, 0.1) is 0 Å². The SMILES string of the molecule is COc1cccc(Nc2ncc(C(N)=O)c(Nc3ccc(N(C)C(C)=O)cc3)n2)c1. The van der Waals surface area contributed by atoms with Crippen LogP contribution in [0.3, 0.4) is 0 Å². The topological polar surface area (TPSA) is 122 Å². The maximum atomic E-state index is 11.8. The lowest BCUT2D eigenvalue weighted by Crippen LogP contribution is -2.22. The van der Waals surface area contributed by atoms with E-state index in [1.54, 1.807) is 44.5 Å². The van der Waals surface area contributed by atoms with Gasteiger partial charge in [-0.1, -0.05) is 6.07 Å². The van der Waals surface area contributed by atoms with Gasteiger partial charge in [-0.25, -0.2) is 4.98 Å². The van der Waals surface area contributed by atoms with Gasteiger partial charge >= 0.3 is 0 Å². The number of nitrogens with two attached hydrogens (primary N) is 1. The van der Waals surface area contributed by atoms with Crippen LogP contribution in [0.4, 0.5) is 28.8 Å². The number of methoxy groups -OCH3 is 1. The first kappa shape index (κ1) is 20.6. The van der Waals surface area contributed by atoms with E-state index >= 15 is 0 Å². The summed E-state index contributed by atoms with van der Waals surface area (Å²) in [4.78, 5) is 33.4. The number of aromatic nitrogens is 2. The van der Waals surface area contributed by atoms with Crippen molar-refractivity contribution in [1.29, 1.82) is 0 Å². The van der Waals surface area contributed by atoms with Crippen LogP contribution in [0.5, 0.6) is 5.75 Å². The maximum Gasteiger partial charge on any atom is 0.254 e. The molecule has 0 atom stereocenters. The summed E-state index contributed by atoms with van der Waals surface area (Å²) >= 11 is 0. The molecule has 3 aromatic rings. The van der Waals surface area contributed by atoms with E-state index in [2.05, 4.69) is 20.6 Å². The van der Waals surface area contributed by atoms with Crippen molar-refractivity contribution in [2.45, 2.75) is 6.92 Å². The Kier molecular flexibility index (Phi) is 6.11. The van der Waals surface area contributed by atoms with Gasteiger partial charge in [-0.3, -0.25) is 9.59 Å². The van der Waals surface area contributed by atoms with Gasteiger partial charge in [0.05, 0.1) is 7.11 Å². The van der Waals surface area contributed by atoms with Gasteiger partial charge in [0.2, 0.25) is 11.9 Å². The minimum atomic E-state index is -0.654. The van der Waals surface area contributed by atoms with Gasteiger partial charge in [0.1, 0.15) is 17.1 Å². The molecule has 2 aromatic carbocycles. The van der Waals surface area contributed by atoms with E-state index < -0.39 is 5.91 Å². The first-order valence-corrected chi connectivity index (χ1v) is 9.06. The molecule has 0 bridgehead atoms. The molecule has 30 heavy (non-hydrogen) atoms. The van der Waals surface area contributed by atoms with E-state index in [0.717, 1.165) is 11.4 Å². The summed E-state index contributed by atoms with van der Waals surface area (Å²) in [6.45, 7) is 1.49. The highest BCUT2D eigenvalue weighted by Crippen LogP contribution is 2.24. The molecule has 4 N–H and O–H groups in total. The number of carbonyl (C=O) groups excluding carboxylic acids is 2. The van der Waals surface area contributed by atoms with Gasteiger partial charge in [0, 0.05) is 43.3 Å². The molecular weight excluding hydrogens is 384 g/mol. The van der Waals surface area contributed by atoms with Gasteiger partial charge in [-0.15, -0.1) is 0 Å². The van der Waals surface area contributed by atoms with Gasteiger partial charge < -0.3 is 26.0 Å². The summed E-state index contributed by atoms with van der Waals surface area (Å²) in [7, 11) is 3.27. The Bertz CT molecular complexity index is 1070. The van der Waals surface area contributed by atoms with E-state index in [1.165, 1.54) is 18.0 Å². The molecule has 0 radical (unpaired) electrons. The molecule has 9 heteroatoms. The molecule has 9 nitrogen and oxygen atoms in total. The first-order valence-electron chi connectivity index (χ1n) is 9.06. The van der Waals surface area contributed by atoms with Crippen LogP contribution >= 0.6 is 0 Å². The fraction of sp³-hybridized carbons (Fsp3) is 0.143. The van der Waals surface area contributed by atoms with Crippen LogP contribution < -0.4 is 26.0 Å². The van der Waals surface area contributed by atoms with E-state index in [-0.39, 0.29) is 23.2 Å². The lowest BCUT2D eigenvalue weighted by molar-refractivity contribution is -0.116. The third kappa shape index (κ3) is 4.82. The molecule has 1 aromatic heterocycles. The molecule has 0 saturated heterocycles. The lowest BCUT2D eigenvalue weighted by atomic mass is 10.2. The van der Waals surface area contributed by atoms with Crippen molar-refractivity contribution in [3.63, 3.8) is 0 Å². The third-order valence-corrected chi connectivity index (χ3v) is 4.37. The Morgan fingerprint density at radius 3 is 2.43 bits per heavy atom. The number of carbonyl (C=O) groups is 2. The van der Waals surface area contributed by atoms with Crippen LogP contribution in [0.15, 0.2) is 54.7 Å². The number of benzene rings is 2. The third-order valence-electron chi connectivity index (χ3n) is 4.37. The Labute approximate surface area is 173 Å². The largest absolute Gasteiger partial charge is 0.497 e. The Hall–Kier alpha value is -4.14. The molecule has 0 aliphatic rings. The second-order valence-electron chi connectivity index (χ2n) is 6.43. The average Bonchev–Trinajstić information content (AvgIpc) is 2.74. The fourth-order valence-corrected chi connectivity index (χ4v) is 2.63. The van der Waals surface area contributed by atoms with Crippen molar-refractivity contribution in [3.05, 3.63) is 60.3 Å². The quantitative estimate of drug-likeness (QED) is 0.551. The van der Waals surface area contributed by atoms with Gasteiger partial charge in [-0.05, 0) is 36.4 Å². The number of rotatable bonds is 7. The van der Waals surface area contributed by atoms with E-state index in [4.69, 9.17) is 10.5 Å². The zero-order valence-electron chi connectivity index (χ0n) is 16.8. The fourth-order valence-electron chi connectivity index (χ4n) is 2.63. The monoisotopic (exact) mass is 406 g/mol. The Morgan fingerprint density at radius 2 is 1.80 bits per heavy atom. The molecule has 0 saturated carbocycles. The van der Waals surface area contributed by atoms with Crippen molar-refractivity contribution in [2.75, 3.05) is 29.7 Å². The van der Waals surface area contributed by atoms with Crippen LogP contribution in [0.1, 0.15) is 17.3 Å². The summed E-state index contributed by atoms with van der Waals surface area (Å²) in [5, 5.41) is 6.15. The highest BCUT2D eigenvalue weighted by atomic mass is 16.5. The molecule has 0 fully saturated rings. The van der Waals surface area contributed by atoms with Gasteiger partial charge in [0.15, 0.2) is 0 Å². The molecule has 3 rings (SSSR count). The predicted molar refractivity (Wildman–Crippen MR) is 116 cm³/mol. The van der Waals surface area contributed by atoms with Crippen molar-refractivity contribution < 1.29 is 14.3 Å². The number of ether oxygens (including phenoxy) is 1. The van der Waals surface area contributed by atoms with Gasteiger partial charge in [0.25, 0.3) is 5.91 Å². The van der Waals surface area contributed by atoms with Crippen LogP contribution in [0.25, 0.3) is 0 Å². The summed E-state index contributed by atoms with van der Waals surface area (Å²) in [5.41, 5.74) is 7.75. The minimum absolute atomic E-state index is 0.0733. The number of nitrogens with one attached hydrogen (secondary N) is 2. The predicted octanol–water partition coefficient (Wildman–Crippen LogP) is 3.05.